The van der Waals surface area contributed by atoms with Crippen LogP contribution in [0.15, 0.2) is 0 Å². The first-order chi connectivity index (χ1) is 0. The fraction of sp³-hybridized carbons (Fsp3) is 0. The first kappa shape index (κ1) is 86.3. The van der Waals surface area contributed by atoms with E-state index in [1.54, 1.807) is 0 Å². The predicted octanol–water partition coefficient (Wildman–Crippen LogP) is -14.4. The van der Waals surface area contributed by atoms with Gasteiger partial charge in [0.05, 0.1) is 0 Å². The van der Waals surface area contributed by atoms with Gasteiger partial charge in [0.2, 0.25) is 0 Å². The van der Waals surface area contributed by atoms with Crippen LogP contribution in [0, 0.1) is 0 Å². The van der Waals surface area contributed by atoms with Crippen molar-refractivity contribution in [3.8, 4) is 0 Å². The molecule has 8 heavy (non-hydrogen) atoms. The van der Waals surface area contributed by atoms with Gasteiger partial charge in [0.15, 0.2) is 0 Å². The minimum atomic E-state index is 0. The Bertz CT molecular complexity index is 12.0. The summed E-state index contributed by atoms with van der Waals surface area (Å²) in [7, 11) is 0. The van der Waals surface area contributed by atoms with Gasteiger partial charge in [-0.3, -0.25) is 0 Å². The van der Waals surface area contributed by atoms with Crippen molar-refractivity contribution in [1.29, 1.82) is 0 Å². The van der Waals surface area contributed by atoms with Crippen LogP contribution >= 0.6 is 0 Å². The molecule has 0 unspecified atom stereocenters. The third-order valence-corrected chi connectivity index (χ3v) is 0. The Morgan fingerprint density at radius 2 is 0.375 bits per heavy atom. The zero-order valence-corrected chi connectivity index (χ0v) is 15.8. The average Bonchev–Trinajstić information content (AvgIpc) is 0. The Hall–Kier alpha value is 4.22. The molecule has 0 heterocycles. The Morgan fingerprint density at radius 3 is 0.375 bits per heavy atom. The quantitative estimate of drug-likeness (QED) is 0.328. The molecule has 0 aromatic heterocycles. The smallest absolute Gasteiger partial charge is 1.00 e. The zero-order valence-electron chi connectivity index (χ0n) is 3.93. The SMILES string of the molecule is O.O.[Ba+2].[Ba+2].[Cl-].[Cl-].[Cl-].[Cl-]. The molecular weight excluding hydrogens is 448 g/mol. The van der Waals surface area contributed by atoms with Gasteiger partial charge in [0, 0.05) is 0 Å². The third-order valence-electron chi connectivity index (χ3n) is 0. The van der Waals surface area contributed by atoms with Crippen LogP contribution in [0.3, 0.4) is 0 Å². The third kappa shape index (κ3) is 48.8. The number of rotatable bonds is 0. The second-order valence-electron chi connectivity index (χ2n) is 0. The van der Waals surface area contributed by atoms with Crippen LogP contribution in [-0.4, -0.2) is 109 Å². The van der Waals surface area contributed by atoms with E-state index in [2.05, 4.69) is 0 Å². The molecule has 8 heteroatoms. The summed E-state index contributed by atoms with van der Waals surface area (Å²) in [5.41, 5.74) is 0. The van der Waals surface area contributed by atoms with Gasteiger partial charge in [-0.15, -0.1) is 0 Å². The van der Waals surface area contributed by atoms with Gasteiger partial charge in [-0.25, -0.2) is 0 Å². The molecule has 0 amide bonds. The molecule has 0 atom stereocenters. The molecule has 4 N–H and O–H groups in total. The van der Waals surface area contributed by atoms with Crippen LogP contribution in [0.4, 0.5) is 0 Å². The van der Waals surface area contributed by atoms with E-state index in [1.165, 1.54) is 0 Å². The van der Waals surface area contributed by atoms with Crippen molar-refractivity contribution < 1.29 is 60.6 Å². The zero-order chi connectivity index (χ0) is 0. The van der Waals surface area contributed by atoms with Crippen molar-refractivity contribution in [1.82, 2.24) is 0 Å². The van der Waals surface area contributed by atoms with Crippen molar-refractivity contribution in [3.05, 3.63) is 0 Å². The van der Waals surface area contributed by atoms with Crippen LogP contribution in [0.25, 0.3) is 0 Å². The molecule has 0 fully saturated rings. The summed E-state index contributed by atoms with van der Waals surface area (Å²) < 4.78 is 0. The maximum absolute atomic E-state index is 0. The number of hydrogen-bond donors (Lipinski definition) is 0. The van der Waals surface area contributed by atoms with Gasteiger partial charge in [-0.05, 0) is 0 Å². The summed E-state index contributed by atoms with van der Waals surface area (Å²) >= 11 is 0. The largest absolute Gasteiger partial charge is 2.00 e. The van der Waals surface area contributed by atoms with Crippen molar-refractivity contribution in [3.63, 3.8) is 0 Å². The molecule has 0 aromatic rings. The van der Waals surface area contributed by atoms with E-state index in [-0.39, 0.29) is 158 Å². The van der Waals surface area contributed by atoms with Gasteiger partial charge in [0.1, 0.15) is 0 Å². The molecule has 0 saturated carbocycles. The second-order valence-corrected chi connectivity index (χ2v) is 0. The van der Waals surface area contributed by atoms with Crippen molar-refractivity contribution >= 4 is 97.8 Å². The van der Waals surface area contributed by atoms with E-state index in [0.29, 0.717) is 0 Å². The van der Waals surface area contributed by atoms with Crippen molar-refractivity contribution in [2.45, 2.75) is 0 Å². The molecule has 0 radical (unpaired) electrons. The number of hydrogen-bond acceptors (Lipinski definition) is 0. The van der Waals surface area contributed by atoms with E-state index in [0.717, 1.165) is 0 Å². The Labute approximate surface area is 154 Å². The van der Waals surface area contributed by atoms with Gasteiger partial charge >= 0.3 is 97.8 Å². The maximum atomic E-state index is 0. The second kappa shape index (κ2) is 65.8. The average molecular weight is 452 g/mol. The van der Waals surface area contributed by atoms with E-state index in [4.69, 9.17) is 0 Å². The summed E-state index contributed by atoms with van der Waals surface area (Å²) in [6, 6.07) is 0. The standard InChI is InChI=1S/2Ba.4ClH.2H2O/h;;4*1H;2*1H2/q2*+2;;;;;;/p-4. The number of halogens is 4. The molecule has 0 bridgehead atoms. The molecule has 0 aromatic carbocycles. The molecule has 2 nitrogen and oxygen atoms in total. The molecule has 0 aliphatic rings. The van der Waals surface area contributed by atoms with Gasteiger partial charge in [-0.2, -0.15) is 0 Å². The van der Waals surface area contributed by atoms with Crippen molar-refractivity contribution in [2.24, 2.45) is 0 Å². The van der Waals surface area contributed by atoms with Crippen LogP contribution in [-0.2, 0) is 0 Å². The molecule has 0 aliphatic heterocycles. The normalized spacial score (nSPS) is 0. The first-order valence-corrected chi connectivity index (χ1v) is 0. The van der Waals surface area contributed by atoms with Crippen LogP contribution in [0.2, 0.25) is 0 Å². The Balaban J connectivity index is 0. The summed E-state index contributed by atoms with van der Waals surface area (Å²) in [4.78, 5) is 0. The first-order valence-electron chi connectivity index (χ1n) is 0. The van der Waals surface area contributed by atoms with Crippen molar-refractivity contribution in [2.75, 3.05) is 0 Å². The van der Waals surface area contributed by atoms with Gasteiger partial charge in [-0.1, -0.05) is 0 Å². The fourth-order valence-electron chi connectivity index (χ4n) is 0. The van der Waals surface area contributed by atoms with E-state index < -0.39 is 0 Å². The summed E-state index contributed by atoms with van der Waals surface area (Å²) in [5.74, 6) is 0. The maximum Gasteiger partial charge on any atom is 2.00 e. The predicted molar refractivity (Wildman–Crippen MR) is 18.7 cm³/mol. The van der Waals surface area contributed by atoms with Crippen LogP contribution in [0.5, 0.6) is 0 Å². The minimum absolute atomic E-state index is 0. The minimum Gasteiger partial charge on any atom is -1.00 e. The monoisotopic (exact) mass is 452 g/mol. The molecular formula is H4Ba2Cl4O2. The fourth-order valence-corrected chi connectivity index (χ4v) is 0. The van der Waals surface area contributed by atoms with E-state index in [1.807, 2.05) is 0 Å². The summed E-state index contributed by atoms with van der Waals surface area (Å²) in [6.07, 6.45) is 0. The van der Waals surface area contributed by atoms with Crippen LogP contribution < -0.4 is 49.6 Å². The van der Waals surface area contributed by atoms with Gasteiger partial charge in [0.25, 0.3) is 0 Å². The molecule has 48 valence electrons. The summed E-state index contributed by atoms with van der Waals surface area (Å²) in [5, 5.41) is 0. The molecule has 0 aliphatic carbocycles. The van der Waals surface area contributed by atoms with E-state index >= 15 is 0 Å². The van der Waals surface area contributed by atoms with Gasteiger partial charge < -0.3 is 60.6 Å². The Morgan fingerprint density at radius 1 is 0.375 bits per heavy atom. The molecule has 0 rings (SSSR count). The topological polar surface area (TPSA) is 63.0 Å². The van der Waals surface area contributed by atoms with E-state index in [9.17, 15) is 0 Å². The molecule has 0 saturated heterocycles. The Kier molecular flexibility index (Phi) is 710. The summed E-state index contributed by atoms with van der Waals surface area (Å²) in [6.45, 7) is 0. The van der Waals surface area contributed by atoms with Crippen LogP contribution in [0.1, 0.15) is 0 Å². The molecule has 0 spiro atoms.